The highest BCUT2D eigenvalue weighted by molar-refractivity contribution is 5.77. The highest BCUT2D eigenvalue weighted by atomic mass is 16.4. The Kier molecular flexibility index (Phi) is 7.49. The molecule has 0 rings (SSSR count). The molecule has 0 aliphatic rings. The number of primary amides is 1. The second kappa shape index (κ2) is 8.37. The highest BCUT2D eigenvalue weighted by Gasteiger charge is 2.16. The summed E-state index contributed by atoms with van der Waals surface area (Å²) in [5.74, 6) is -2.01. The first-order valence-corrected chi connectivity index (χ1v) is 5.50. The Hall–Kier alpha value is -1.79. The average Bonchev–Trinajstić information content (AvgIpc) is 2.23. The summed E-state index contributed by atoms with van der Waals surface area (Å²) in [6.07, 6.45) is 1.31. The summed E-state index contributed by atoms with van der Waals surface area (Å²) in [6.45, 7) is 2.10. The number of rotatable bonds is 8. The third-order valence-electron chi connectivity index (χ3n) is 2.15. The number of carbonyl (C=O) groups is 3. The molecule has 17 heavy (non-hydrogen) atoms. The van der Waals surface area contributed by atoms with E-state index in [-0.39, 0.29) is 19.5 Å². The van der Waals surface area contributed by atoms with E-state index in [0.29, 0.717) is 6.42 Å². The van der Waals surface area contributed by atoms with Gasteiger partial charge < -0.3 is 21.5 Å². The maximum atomic E-state index is 11.2. The van der Waals surface area contributed by atoms with Gasteiger partial charge in [0, 0.05) is 19.5 Å². The second-order valence-corrected chi connectivity index (χ2v) is 3.68. The summed E-state index contributed by atoms with van der Waals surface area (Å²) in [7, 11) is 0. The van der Waals surface area contributed by atoms with Gasteiger partial charge in [0.05, 0.1) is 5.92 Å². The molecule has 3 amide bonds. The van der Waals surface area contributed by atoms with E-state index in [0.717, 1.165) is 6.42 Å². The van der Waals surface area contributed by atoms with Gasteiger partial charge >= 0.3 is 12.0 Å². The Balaban J connectivity index is 3.80. The van der Waals surface area contributed by atoms with Gasteiger partial charge in [-0.2, -0.15) is 0 Å². The fourth-order valence-corrected chi connectivity index (χ4v) is 1.24. The van der Waals surface area contributed by atoms with E-state index < -0.39 is 23.8 Å². The van der Waals surface area contributed by atoms with Crippen molar-refractivity contribution in [3.8, 4) is 0 Å². The van der Waals surface area contributed by atoms with Crippen LogP contribution in [0.4, 0.5) is 4.79 Å². The van der Waals surface area contributed by atoms with Gasteiger partial charge in [0.1, 0.15) is 0 Å². The first kappa shape index (κ1) is 15.2. The standard InChI is InChI=1S/C10H19N3O4/c1-2-3-7(9(15)16)6-13-10(17)12-5-4-8(11)14/h7H,2-6H2,1H3,(H2,11,14)(H,15,16)(H2,12,13,17). The lowest BCUT2D eigenvalue weighted by atomic mass is 10.0. The molecular weight excluding hydrogens is 226 g/mol. The van der Waals surface area contributed by atoms with Crippen LogP contribution in [0.25, 0.3) is 0 Å². The SMILES string of the molecule is CCCC(CNC(=O)NCCC(N)=O)C(=O)O. The number of carboxylic acid groups (broad SMARTS) is 1. The lowest BCUT2D eigenvalue weighted by Gasteiger charge is -2.12. The zero-order valence-electron chi connectivity index (χ0n) is 9.86. The van der Waals surface area contributed by atoms with Crippen molar-refractivity contribution in [3.05, 3.63) is 0 Å². The van der Waals surface area contributed by atoms with Gasteiger partial charge in [0.15, 0.2) is 0 Å². The maximum absolute atomic E-state index is 11.2. The van der Waals surface area contributed by atoms with Crippen molar-refractivity contribution < 1.29 is 19.5 Å². The molecule has 1 unspecified atom stereocenters. The van der Waals surface area contributed by atoms with Crippen LogP contribution in [-0.4, -0.2) is 36.1 Å². The van der Waals surface area contributed by atoms with E-state index in [4.69, 9.17) is 10.8 Å². The summed E-state index contributed by atoms with van der Waals surface area (Å²) in [5.41, 5.74) is 4.89. The van der Waals surface area contributed by atoms with Gasteiger partial charge in [-0.1, -0.05) is 13.3 Å². The Morgan fingerprint density at radius 1 is 1.29 bits per heavy atom. The van der Waals surface area contributed by atoms with Crippen LogP contribution in [0.2, 0.25) is 0 Å². The predicted octanol–water partition coefficient (Wildman–Crippen LogP) is -0.338. The van der Waals surface area contributed by atoms with E-state index >= 15 is 0 Å². The van der Waals surface area contributed by atoms with Crippen LogP contribution in [0.15, 0.2) is 0 Å². The molecule has 0 bridgehead atoms. The molecule has 0 saturated heterocycles. The summed E-state index contributed by atoms with van der Waals surface area (Å²) in [4.78, 5) is 32.4. The van der Waals surface area contributed by atoms with Crippen LogP contribution in [0.1, 0.15) is 26.2 Å². The largest absolute Gasteiger partial charge is 0.481 e. The van der Waals surface area contributed by atoms with Crippen LogP contribution in [-0.2, 0) is 9.59 Å². The number of carboxylic acids is 1. The number of urea groups is 1. The predicted molar refractivity (Wildman–Crippen MR) is 61.2 cm³/mol. The Morgan fingerprint density at radius 3 is 2.41 bits per heavy atom. The minimum atomic E-state index is -0.927. The number of amides is 3. The summed E-state index contributed by atoms with van der Waals surface area (Å²) in [5, 5.41) is 13.7. The summed E-state index contributed by atoms with van der Waals surface area (Å²) < 4.78 is 0. The summed E-state index contributed by atoms with van der Waals surface area (Å²) >= 11 is 0. The molecule has 0 fully saturated rings. The molecule has 0 aromatic rings. The smallest absolute Gasteiger partial charge is 0.314 e. The molecule has 0 aromatic carbocycles. The van der Waals surface area contributed by atoms with Gasteiger partial charge in [-0.15, -0.1) is 0 Å². The lowest BCUT2D eigenvalue weighted by Crippen LogP contribution is -2.40. The minimum Gasteiger partial charge on any atom is -0.481 e. The van der Waals surface area contributed by atoms with E-state index in [1.54, 1.807) is 0 Å². The first-order chi connectivity index (χ1) is 7.97. The van der Waals surface area contributed by atoms with E-state index in [9.17, 15) is 14.4 Å². The molecule has 0 aliphatic heterocycles. The number of nitrogens with one attached hydrogen (secondary N) is 2. The molecule has 1 atom stereocenters. The number of carbonyl (C=O) groups excluding carboxylic acids is 2. The highest BCUT2D eigenvalue weighted by Crippen LogP contribution is 2.04. The van der Waals surface area contributed by atoms with Crippen LogP contribution in [0, 0.1) is 5.92 Å². The number of hydrogen-bond donors (Lipinski definition) is 4. The van der Waals surface area contributed by atoms with Gasteiger partial charge in [-0.05, 0) is 6.42 Å². The average molecular weight is 245 g/mol. The zero-order chi connectivity index (χ0) is 13.3. The van der Waals surface area contributed by atoms with Gasteiger partial charge in [-0.3, -0.25) is 9.59 Å². The number of aliphatic carboxylic acids is 1. The molecule has 98 valence electrons. The molecule has 7 nitrogen and oxygen atoms in total. The Labute approximate surface area is 99.7 Å². The monoisotopic (exact) mass is 245 g/mol. The van der Waals surface area contributed by atoms with Crippen molar-refractivity contribution >= 4 is 17.9 Å². The molecule has 0 aliphatic carbocycles. The van der Waals surface area contributed by atoms with E-state index in [1.807, 2.05) is 6.92 Å². The molecule has 0 saturated carbocycles. The van der Waals surface area contributed by atoms with Crippen molar-refractivity contribution in [2.75, 3.05) is 13.1 Å². The third-order valence-corrected chi connectivity index (χ3v) is 2.15. The third kappa shape index (κ3) is 8.06. The van der Waals surface area contributed by atoms with E-state index in [1.165, 1.54) is 0 Å². The van der Waals surface area contributed by atoms with Crippen LogP contribution in [0.5, 0.6) is 0 Å². The van der Waals surface area contributed by atoms with Crippen LogP contribution < -0.4 is 16.4 Å². The fraction of sp³-hybridized carbons (Fsp3) is 0.700. The topological polar surface area (TPSA) is 122 Å². The van der Waals surface area contributed by atoms with Crippen molar-refractivity contribution in [2.24, 2.45) is 11.7 Å². The lowest BCUT2D eigenvalue weighted by molar-refractivity contribution is -0.141. The second-order valence-electron chi connectivity index (χ2n) is 3.68. The molecule has 7 heteroatoms. The van der Waals surface area contributed by atoms with Crippen LogP contribution in [0.3, 0.4) is 0 Å². The normalized spacial score (nSPS) is 11.6. The first-order valence-electron chi connectivity index (χ1n) is 5.50. The molecule has 0 aromatic heterocycles. The van der Waals surface area contributed by atoms with Crippen molar-refractivity contribution in [1.82, 2.24) is 10.6 Å². The minimum absolute atomic E-state index is 0.0603. The molecule has 0 radical (unpaired) electrons. The van der Waals surface area contributed by atoms with Gasteiger partial charge in [0.2, 0.25) is 5.91 Å². The quantitative estimate of drug-likeness (QED) is 0.467. The van der Waals surface area contributed by atoms with Gasteiger partial charge in [-0.25, -0.2) is 4.79 Å². The molecule has 5 N–H and O–H groups in total. The Morgan fingerprint density at radius 2 is 1.94 bits per heavy atom. The van der Waals surface area contributed by atoms with Crippen LogP contribution >= 0.6 is 0 Å². The number of nitrogens with two attached hydrogens (primary N) is 1. The molecule has 0 spiro atoms. The molecule has 0 heterocycles. The summed E-state index contributed by atoms with van der Waals surface area (Å²) in [6, 6.07) is -0.492. The maximum Gasteiger partial charge on any atom is 0.314 e. The molecular formula is C10H19N3O4. The Bertz CT molecular complexity index is 281. The fourth-order valence-electron chi connectivity index (χ4n) is 1.24. The van der Waals surface area contributed by atoms with E-state index in [2.05, 4.69) is 10.6 Å². The number of hydrogen-bond acceptors (Lipinski definition) is 3. The van der Waals surface area contributed by atoms with Crippen molar-refractivity contribution in [2.45, 2.75) is 26.2 Å². The van der Waals surface area contributed by atoms with Crippen molar-refractivity contribution in [1.29, 1.82) is 0 Å². The zero-order valence-corrected chi connectivity index (χ0v) is 9.86. The van der Waals surface area contributed by atoms with Gasteiger partial charge in [0.25, 0.3) is 0 Å². The van der Waals surface area contributed by atoms with Crippen molar-refractivity contribution in [3.63, 3.8) is 0 Å².